The Morgan fingerprint density at radius 3 is 2.56 bits per heavy atom. The van der Waals surface area contributed by atoms with Gasteiger partial charge in [0.15, 0.2) is 0 Å². The molecule has 2 atom stereocenters. The van der Waals surface area contributed by atoms with Crippen molar-refractivity contribution in [2.24, 2.45) is 0 Å². The Bertz CT molecular complexity index is 248. The highest BCUT2D eigenvalue weighted by Crippen LogP contribution is 2.24. The zero-order valence-electron chi connectivity index (χ0n) is 10.6. The number of carbonyl (C=O) groups is 1. The van der Waals surface area contributed by atoms with Crippen LogP contribution in [-0.4, -0.2) is 34.6 Å². The van der Waals surface area contributed by atoms with Crippen LogP contribution in [0.1, 0.15) is 47.0 Å². The highest BCUT2D eigenvalue weighted by Gasteiger charge is 2.32. The first-order valence-corrected chi connectivity index (χ1v) is 6.38. The minimum Gasteiger partial charge on any atom is -0.444 e. The largest absolute Gasteiger partial charge is 0.444 e. The number of likely N-dealkylation sites (tertiary alicyclic amines) is 1. The van der Waals surface area contributed by atoms with Crippen molar-refractivity contribution in [1.29, 1.82) is 0 Å². The fourth-order valence-electron chi connectivity index (χ4n) is 1.98. The van der Waals surface area contributed by atoms with Crippen LogP contribution in [0.2, 0.25) is 0 Å². The minimum atomic E-state index is -0.436. The maximum Gasteiger partial charge on any atom is 0.410 e. The summed E-state index contributed by atoms with van der Waals surface area (Å²) in [7, 11) is 0. The maximum atomic E-state index is 12.0. The highest BCUT2D eigenvalue weighted by molar-refractivity contribution is 6.20. The van der Waals surface area contributed by atoms with Gasteiger partial charge >= 0.3 is 6.09 Å². The summed E-state index contributed by atoms with van der Waals surface area (Å²) in [6, 6.07) is 0.116. The molecule has 0 N–H and O–H groups in total. The number of hydrogen-bond acceptors (Lipinski definition) is 2. The molecule has 1 heterocycles. The molecule has 1 aliphatic heterocycles. The molecule has 4 heteroatoms. The molecule has 1 aliphatic rings. The van der Waals surface area contributed by atoms with Crippen LogP contribution in [0.3, 0.4) is 0 Å². The third kappa shape index (κ3) is 3.85. The Balaban J connectivity index is 2.64. The van der Waals surface area contributed by atoms with Gasteiger partial charge in [0.25, 0.3) is 0 Å². The van der Waals surface area contributed by atoms with Gasteiger partial charge < -0.3 is 9.64 Å². The predicted octanol–water partition coefficient (Wildman–Crippen LogP) is 3.40. The van der Waals surface area contributed by atoms with E-state index in [-0.39, 0.29) is 17.5 Å². The maximum absolute atomic E-state index is 12.0. The monoisotopic (exact) mass is 247 g/mol. The zero-order chi connectivity index (χ0) is 12.3. The van der Waals surface area contributed by atoms with Crippen molar-refractivity contribution in [1.82, 2.24) is 4.90 Å². The Hall–Kier alpha value is -0.440. The quantitative estimate of drug-likeness (QED) is 0.665. The third-order valence-electron chi connectivity index (χ3n) is 2.71. The third-order valence-corrected chi connectivity index (χ3v) is 3.00. The van der Waals surface area contributed by atoms with E-state index in [1.165, 1.54) is 0 Å². The summed E-state index contributed by atoms with van der Waals surface area (Å²) in [5.74, 6) is 0. The van der Waals surface area contributed by atoms with E-state index in [1.54, 1.807) is 4.90 Å². The smallest absolute Gasteiger partial charge is 0.410 e. The van der Waals surface area contributed by atoms with Gasteiger partial charge in [-0.3, -0.25) is 0 Å². The first-order chi connectivity index (χ1) is 7.31. The van der Waals surface area contributed by atoms with Crippen molar-refractivity contribution >= 4 is 17.7 Å². The second-order valence-electron chi connectivity index (χ2n) is 5.41. The minimum absolute atomic E-state index is 0.0205. The summed E-state index contributed by atoms with van der Waals surface area (Å²) in [5.41, 5.74) is -0.436. The fraction of sp³-hybridized carbons (Fsp3) is 0.917. The van der Waals surface area contributed by atoms with Gasteiger partial charge in [0.05, 0.1) is 11.4 Å². The standard InChI is InChI=1S/C12H22ClNO2/c1-9(13)10-7-5-6-8-14(10)11(15)16-12(2,3)4/h9-10H,5-8H2,1-4H3. The van der Waals surface area contributed by atoms with Crippen LogP contribution in [0.15, 0.2) is 0 Å². The molecular weight excluding hydrogens is 226 g/mol. The summed E-state index contributed by atoms with van der Waals surface area (Å²) in [4.78, 5) is 13.8. The van der Waals surface area contributed by atoms with Gasteiger partial charge in [-0.1, -0.05) is 0 Å². The summed E-state index contributed by atoms with van der Waals surface area (Å²) in [6.45, 7) is 8.35. The number of rotatable bonds is 1. The summed E-state index contributed by atoms with van der Waals surface area (Å²) < 4.78 is 5.39. The van der Waals surface area contributed by atoms with Crippen molar-refractivity contribution in [2.75, 3.05) is 6.54 Å². The topological polar surface area (TPSA) is 29.5 Å². The molecule has 0 radical (unpaired) electrons. The second kappa shape index (κ2) is 5.26. The number of hydrogen-bond donors (Lipinski definition) is 0. The van der Waals surface area contributed by atoms with E-state index in [0.717, 1.165) is 25.8 Å². The van der Waals surface area contributed by atoms with Crippen LogP contribution in [0.25, 0.3) is 0 Å². The molecule has 16 heavy (non-hydrogen) atoms. The number of carbonyl (C=O) groups excluding carboxylic acids is 1. The molecule has 1 fully saturated rings. The molecule has 0 aliphatic carbocycles. The molecular formula is C12H22ClNO2. The van der Waals surface area contributed by atoms with Crippen LogP contribution in [0.4, 0.5) is 4.79 Å². The van der Waals surface area contributed by atoms with Crippen LogP contribution in [-0.2, 0) is 4.74 Å². The summed E-state index contributed by atoms with van der Waals surface area (Å²) in [5, 5.41) is -0.0205. The van der Waals surface area contributed by atoms with Crippen molar-refractivity contribution in [3.05, 3.63) is 0 Å². The lowest BCUT2D eigenvalue weighted by molar-refractivity contribution is 0.00986. The molecule has 94 valence electrons. The Morgan fingerprint density at radius 1 is 1.44 bits per heavy atom. The number of ether oxygens (including phenoxy) is 1. The van der Waals surface area contributed by atoms with E-state index in [9.17, 15) is 4.79 Å². The van der Waals surface area contributed by atoms with Crippen LogP contribution in [0.5, 0.6) is 0 Å². The molecule has 0 aromatic rings. The van der Waals surface area contributed by atoms with E-state index in [0.29, 0.717) is 0 Å². The molecule has 0 bridgehead atoms. The Labute approximate surface area is 103 Å². The lowest BCUT2D eigenvalue weighted by Gasteiger charge is -2.38. The summed E-state index contributed by atoms with van der Waals surface area (Å²) in [6.07, 6.45) is 2.93. The molecule has 0 aromatic heterocycles. The highest BCUT2D eigenvalue weighted by atomic mass is 35.5. The number of piperidine rings is 1. The number of nitrogens with zero attached hydrogens (tertiary/aromatic N) is 1. The molecule has 0 aromatic carbocycles. The molecule has 1 rings (SSSR count). The van der Waals surface area contributed by atoms with Crippen molar-refractivity contribution < 1.29 is 9.53 Å². The normalized spacial score (nSPS) is 24.1. The van der Waals surface area contributed by atoms with Crippen LogP contribution < -0.4 is 0 Å². The Kier molecular flexibility index (Phi) is 4.48. The fourth-order valence-corrected chi connectivity index (χ4v) is 2.24. The van der Waals surface area contributed by atoms with Gasteiger partial charge in [0.2, 0.25) is 0 Å². The van der Waals surface area contributed by atoms with E-state index >= 15 is 0 Å². The first-order valence-electron chi connectivity index (χ1n) is 5.95. The molecule has 2 unspecified atom stereocenters. The molecule has 3 nitrogen and oxygen atoms in total. The van der Waals surface area contributed by atoms with Gasteiger partial charge in [-0.05, 0) is 47.0 Å². The lowest BCUT2D eigenvalue weighted by Crippen LogP contribution is -2.49. The van der Waals surface area contributed by atoms with Crippen LogP contribution >= 0.6 is 11.6 Å². The number of amides is 1. The van der Waals surface area contributed by atoms with Gasteiger partial charge in [0, 0.05) is 6.54 Å². The first kappa shape index (κ1) is 13.6. The molecule has 1 saturated heterocycles. The van der Waals surface area contributed by atoms with Gasteiger partial charge in [-0.25, -0.2) is 4.79 Å². The van der Waals surface area contributed by atoms with E-state index < -0.39 is 5.60 Å². The van der Waals surface area contributed by atoms with Crippen LogP contribution in [0, 0.1) is 0 Å². The van der Waals surface area contributed by atoms with Crippen molar-refractivity contribution in [3.8, 4) is 0 Å². The average molecular weight is 248 g/mol. The van der Waals surface area contributed by atoms with E-state index in [4.69, 9.17) is 16.3 Å². The number of alkyl halides is 1. The van der Waals surface area contributed by atoms with E-state index in [2.05, 4.69) is 0 Å². The van der Waals surface area contributed by atoms with Gasteiger partial charge in [0.1, 0.15) is 5.60 Å². The van der Waals surface area contributed by atoms with Gasteiger partial charge in [-0.15, -0.1) is 11.6 Å². The number of halogens is 1. The molecule has 0 saturated carbocycles. The summed E-state index contributed by atoms with van der Waals surface area (Å²) >= 11 is 6.12. The molecule has 1 amide bonds. The average Bonchev–Trinajstić information content (AvgIpc) is 2.15. The van der Waals surface area contributed by atoms with Gasteiger partial charge in [-0.2, -0.15) is 0 Å². The predicted molar refractivity (Wildman–Crippen MR) is 65.9 cm³/mol. The van der Waals surface area contributed by atoms with Crippen molar-refractivity contribution in [3.63, 3.8) is 0 Å². The molecule has 0 spiro atoms. The zero-order valence-corrected chi connectivity index (χ0v) is 11.4. The van der Waals surface area contributed by atoms with E-state index in [1.807, 2.05) is 27.7 Å². The SMILES string of the molecule is CC(Cl)C1CCCCN1C(=O)OC(C)(C)C. The van der Waals surface area contributed by atoms with Crippen molar-refractivity contribution in [2.45, 2.75) is 64.0 Å². The second-order valence-corrected chi connectivity index (χ2v) is 6.10. The Morgan fingerprint density at radius 2 is 2.06 bits per heavy atom. The lowest BCUT2D eigenvalue weighted by atomic mass is 10.0.